The van der Waals surface area contributed by atoms with Crippen molar-refractivity contribution in [1.29, 1.82) is 0 Å². The fourth-order valence-corrected chi connectivity index (χ4v) is 4.90. The number of rotatable bonds is 28. The van der Waals surface area contributed by atoms with Crippen molar-refractivity contribution in [3.8, 4) is 0 Å². The van der Waals surface area contributed by atoms with E-state index in [-0.39, 0.29) is 25.3 Å². The highest BCUT2D eigenvalue weighted by atomic mass is 16.4. The first-order valence-electron chi connectivity index (χ1n) is 18.0. The maximum Gasteiger partial charge on any atom is 0.326 e. The largest absolute Gasteiger partial charge is 0.481 e. The minimum absolute atomic E-state index is 0.0315. The van der Waals surface area contributed by atoms with Gasteiger partial charge in [0.25, 0.3) is 0 Å². The van der Waals surface area contributed by atoms with Crippen molar-refractivity contribution in [1.82, 2.24) is 37.2 Å². The highest BCUT2D eigenvalue weighted by Gasteiger charge is 2.34. The van der Waals surface area contributed by atoms with Crippen LogP contribution in [0.2, 0.25) is 0 Å². The van der Waals surface area contributed by atoms with E-state index in [1.54, 1.807) is 13.8 Å². The van der Waals surface area contributed by atoms with E-state index in [1.165, 1.54) is 6.92 Å². The topological polar surface area (TPSA) is 408 Å². The lowest BCUT2D eigenvalue weighted by molar-refractivity contribution is -0.148. The average Bonchev–Trinajstić information content (AvgIpc) is 3.11. The van der Waals surface area contributed by atoms with Crippen molar-refractivity contribution in [2.75, 3.05) is 26.2 Å². The van der Waals surface area contributed by atoms with E-state index in [9.17, 15) is 68.4 Å². The van der Waals surface area contributed by atoms with Gasteiger partial charge in [0, 0.05) is 6.54 Å². The third-order valence-electron chi connectivity index (χ3n) is 8.05. The number of aliphatic hydroxyl groups is 2. The van der Waals surface area contributed by atoms with Crippen molar-refractivity contribution in [3.05, 3.63) is 0 Å². The van der Waals surface area contributed by atoms with Gasteiger partial charge >= 0.3 is 17.9 Å². The molecule has 0 bridgehead atoms. The van der Waals surface area contributed by atoms with Crippen LogP contribution >= 0.6 is 0 Å². The third-order valence-corrected chi connectivity index (χ3v) is 8.05. The van der Waals surface area contributed by atoms with Gasteiger partial charge in [-0.15, -0.1) is 0 Å². The van der Waals surface area contributed by atoms with Crippen LogP contribution in [0.5, 0.6) is 0 Å². The summed E-state index contributed by atoms with van der Waals surface area (Å²) in [4.78, 5) is 123. The van der Waals surface area contributed by atoms with Crippen molar-refractivity contribution in [2.24, 2.45) is 23.3 Å². The number of carboxylic acid groups (broad SMARTS) is 3. The van der Waals surface area contributed by atoms with Crippen LogP contribution in [0.3, 0.4) is 0 Å². The molecule has 0 saturated carbocycles. The van der Waals surface area contributed by atoms with E-state index in [2.05, 4.69) is 37.2 Å². The van der Waals surface area contributed by atoms with Gasteiger partial charge in [0.15, 0.2) is 0 Å². The van der Waals surface area contributed by atoms with Gasteiger partial charge in [-0.05, 0) is 58.4 Å². The van der Waals surface area contributed by atoms with E-state index >= 15 is 0 Å². The Bertz CT molecular complexity index is 1430. The molecule has 324 valence electrons. The number of amides is 7. The zero-order valence-corrected chi connectivity index (χ0v) is 32.2. The fraction of sp³-hybridized carbons (Fsp3) is 0.697. The lowest BCUT2D eigenvalue weighted by Crippen LogP contribution is -2.60. The number of nitrogens with one attached hydrogen (secondary N) is 7. The average molecular weight is 820 g/mol. The van der Waals surface area contributed by atoms with E-state index in [1.807, 2.05) is 0 Å². The monoisotopic (exact) mass is 819 g/mol. The Morgan fingerprint density at radius 1 is 0.632 bits per heavy atom. The molecule has 0 aliphatic carbocycles. The first kappa shape index (κ1) is 51.5. The predicted octanol–water partition coefficient (Wildman–Crippen LogP) is -5.81. The summed E-state index contributed by atoms with van der Waals surface area (Å²) in [5.41, 5.74) is 10.9. The van der Waals surface area contributed by atoms with E-state index in [4.69, 9.17) is 16.6 Å². The number of hydrogen-bond donors (Lipinski definition) is 14. The van der Waals surface area contributed by atoms with Crippen LogP contribution in [-0.2, 0) is 47.9 Å². The van der Waals surface area contributed by atoms with Crippen LogP contribution in [0, 0.1) is 11.8 Å². The molecule has 0 fully saturated rings. The molecule has 24 heteroatoms. The highest BCUT2D eigenvalue weighted by molar-refractivity contribution is 5.99. The van der Waals surface area contributed by atoms with Gasteiger partial charge in [-0.1, -0.05) is 13.8 Å². The maximum atomic E-state index is 13.2. The first-order chi connectivity index (χ1) is 26.5. The standard InChI is InChI=1S/C33H57N9O15/c1-15(2)11-21(29(51)41-22(14-43)30(52)39-20(33(56)57)7-5-6-9-34)40-31(53)25(17(4)44)42-23(45)13-37-27(49)18(32(54)55)8-10-36-26(48)16(3)38-28(50)19(35)12-24(46)47/h15-22,25,43-44H,5-14,34-35H2,1-4H3,(H,36,48)(H,37,49)(H,38,50)(H,39,52)(H,40,53)(H,41,51)(H,42,45)(H,46,47)(H,54,55)(H,56,57)/t16-,17+,18-,19-,20-,21-,22-,25-/m0/s1. The minimum atomic E-state index is -1.78. The zero-order chi connectivity index (χ0) is 44.0. The summed E-state index contributed by atoms with van der Waals surface area (Å²) >= 11 is 0. The van der Waals surface area contributed by atoms with Crippen LogP contribution < -0.4 is 48.7 Å². The molecule has 0 radical (unpaired) electrons. The Labute approximate surface area is 328 Å². The number of unbranched alkanes of at least 4 members (excludes halogenated alkanes) is 1. The summed E-state index contributed by atoms with van der Waals surface area (Å²) in [6, 6.07) is -8.69. The molecule has 0 aromatic heterocycles. The molecular weight excluding hydrogens is 762 g/mol. The van der Waals surface area contributed by atoms with E-state index in [0.717, 1.165) is 6.92 Å². The van der Waals surface area contributed by atoms with Crippen LogP contribution in [-0.4, -0.2) is 153 Å². The number of carbonyl (C=O) groups is 10. The zero-order valence-electron chi connectivity index (χ0n) is 32.2. The molecule has 57 heavy (non-hydrogen) atoms. The van der Waals surface area contributed by atoms with Gasteiger partial charge in [-0.3, -0.25) is 43.2 Å². The number of carboxylic acids is 3. The smallest absolute Gasteiger partial charge is 0.326 e. The molecule has 8 atom stereocenters. The molecule has 0 aliphatic heterocycles. The quantitative estimate of drug-likeness (QED) is 0.0258. The minimum Gasteiger partial charge on any atom is -0.481 e. The molecule has 0 aliphatic rings. The number of carbonyl (C=O) groups excluding carboxylic acids is 7. The van der Waals surface area contributed by atoms with Crippen LogP contribution in [0.15, 0.2) is 0 Å². The molecule has 24 nitrogen and oxygen atoms in total. The summed E-state index contributed by atoms with van der Waals surface area (Å²) in [6.07, 6.45) is -1.86. The second-order valence-electron chi connectivity index (χ2n) is 13.5. The molecule has 0 unspecified atom stereocenters. The number of hydrogen-bond acceptors (Lipinski definition) is 14. The van der Waals surface area contributed by atoms with Crippen LogP contribution in [0.1, 0.15) is 66.2 Å². The number of aliphatic carboxylic acids is 3. The Balaban J connectivity index is 5.43. The van der Waals surface area contributed by atoms with Crippen molar-refractivity contribution in [3.63, 3.8) is 0 Å². The molecule has 0 aromatic rings. The van der Waals surface area contributed by atoms with Gasteiger partial charge in [-0.2, -0.15) is 0 Å². The van der Waals surface area contributed by atoms with E-state index in [0.29, 0.717) is 19.4 Å². The van der Waals surface area contributed by atoms with Crippen LogP contribution in [0.25, 0.3) is 0 Å². The SMILES string of the molecule is CC(C)C[C@H](NC(=O)[C@@H](NC(=O)CNC(=O)[C@H](CCNC(=O)[C@H](C)NC(=O)[C@@H](N)CC(=O)O)C(=O)O)[C@@H](C)O)C(=O)N[C@@H](CO)C(=O)N[C@@H](CCCCN)C(=O)O. The van der Waals surface area contributed by atoms with Crippen LogP contribution in [0.4, 0.5) is 0 Å². The molecule has 0 saturated heterocycles. The lowest BCUT2D eigenvalue weighted by atomic mass is 10.0. The third kappa shape index (κ3) is 20.3. The number of nitrogens with two attached hydrogens (primary N) is 2. The normalized spacial score (nSPS) is 15.2. The van der Waals surface area contributed by atoms with E-state index < -0.39 is 134 Å². The van der Waals surface area contributed by atoms with Crippen molar-refractivity contribution in [2.45, 2.75) is 109 Å². The second kappa shape index (κ2) is 26.4. The second-order valence-corrected chi connectivity index (χ2v) is 13.5. The molecule has 0 heterocycles. The molecule has 7 amide bonds. The molecule has 16 N–H and O–H groups in total. The Kier molecular flexibility index (Phi) is 23.9. The Morgan fingerprint density at radius 2 is 1.21 bits per heavy atom. The Hall–Kier alpha value is -5.46. The summed E-state index contributed by atoms with van der Waals surface area (Å²) < 4.78 is 0. The van der Waals surface area contributed by atoms with Crippen molar-refractivity contribution >= 4 is 59.3 Å². The summed E-state index contributed by atoms with van der Waals surface area (Å²) in [5, 5.41) is 63.4. The maximum absolute atomic E-state index is 13.2. The van der Waals surface area contributed by atoms with Gasteiger partial charge < -0.3 is 74.2 Å². The van der Waals surface area contributed by atoms with Gasteiger partial charge in [0.1, 0.15) is 36.1 Å². The summed E-state index contributed by atoms with van der Waals surface area (Å²) in [5.74, 6) is -13.3. The van der Waals surface area contributed by atoms with Gasteiger partial charge in [0.2, 0.25) is 41.4 Å². The predicted molar refractivity (Wildman–Crippen MR) is 196 cm³/mol. The molecule has 0 rings (SSSR count). The van der Waals surface area contributed by atoms with Gasteiger partial charge in [0.05, 0.1) is 31.7 Å². The highest BCUT2D eigenvalue weighted by Crippen LogP contribution is 2.08. The summed E-state index contributed by atoms with van der Waals surface area (Å²) in [7, 11) is 0. The number of aliphatic hydroxyl groups excluding tert-OH is 2. The van der Waals surface area contributed by atoms with Gasteiger partial charge in [-0.25, -0.2) is 4.79 Å². The fourth-order valence-electron chi connectivity index (χ4n) is 4.90. The Morgan fingerprint density at radius 3 is 1.72 bits per heavy atom. The van der Waals surface area contributed by atoms with Crippen molar-refractivity contribution < 1.29 is 73.5 Å². The molecular formula is C33H57N9O15. The molecule has 0 aromatic carbocycles. The lowest BCUT2D eigenvalue weighted by Gasteiger charge is -2.27. The summed E-state index contributed by atoms with van der Waals surface area (Å²) in [6.45, 7) is 3.88. The molecule has 0 spiro atoms. The first-order valence-corrected chi connectivity index (χ1v) is 18.0.